The van der Waals surface area contributed by atoms with Crippen LogP contribution in [-0.4, -0.2) is 55.6 Å². The third kappa shape index (κ3) is 4.57. The van der Waals surface area contributed by atoms with E-state index in [0.29, 0.717) is 0 Å². The van der Waals surface area contributed by atoms with Crippen LogP contribution in [0.4, 0.5) is 0 Å². The maximum atomic E-state index is 5.53. The van der Waals surface area contributed by atoms with Crippen molar-refractivity contribution in [1.29, 1.82) is 0 Å². The predicted molar refractivity (Wildman–Crippen MR) is 73.1 cm³/mol. The number of unbranched alkanes of at least 4 members (excludes halogenated alkanes) is 1. The first-order valence-corrected chi connectivity index (χ1v) is 7.53. The van der Waals surface area contributed by atoms with Crippen LogP contribution >= 0.6 is 0 Å². The van der Waals surface area contributed by atoms with Gasteiger partial charge in [0, 0.05) is 6.54 Å². The van der Waals surface area contributed by atoms with Crippen LogP contribution in [0.1, 0.15) is 38.5 Å². The highest BCUT2D eigenvalue weighted by Crippen LogP contribution is 2.20. The lowest BCUT2D eigenvalue weighted by Gasteiger charge is -2.33. The van der Waals surface area contributed by atoms with Crippen LogP contribution in [0, 0.1) is 5.92 Å². The predicted octanol–water partition coefficient (Wildman–Crippen LogP) is 1.53. The third-order valence-electron chi connectivity index (χ3n) is 4.35. The molecule has 0 saturated carbocycles. The van der Waals surface area contributed by atoms with Crippen LogP contribution < -0.4 is 5.73 Å². The molecule has 0 aromatic heterocycles. The van der Waals surface area contributed by atoms with Crippen molar-refractivity contribution in [2.75, 3.05) is 45.8 Å². The standard InChI is InChI=1S/C14H29N3/c15-7-1-2-8-16-11-5-14(6-12-16)13-17-9-3-4-10-17/h14H,1-13,15H2. The van der Waals surface area contributed by atoms with E-state index in [1.54, 1.807) is 0 Å². The molecule has 0 aromatic rings. The molecule has 0 amide bonds. The Morgan fingerprint density at radius 1 is 0.882 bits per heavy atom. The molecule has 2 N–H and O–H groups in total. The van der Waals surface area contributed by atoms with Gasteiger partial charge in [-0.1, -0.05) is 0 Å². The minimum Gasteiger partial charge on any atom is -0.330 e. The van der Waals surface area contributed by atoms with Gasteiger partial charge in [-0.25, -0.2) is 0 Å². The zero-order valence-corrected chi connectivity index (χ0v) is 11.2. The Kier molecular flexibility index (Phi) is 5.75. The van der Waals surface area contributed by atoms with Gasteiger partial charge in [-0.05, 0) is 83.7 Å². The molecule has 0 aromatic carbocycles. The number of rotatable bonds is 6. The number of nitrogens with zero attached hydrogens (tertiary/aromatic N) is 2. The van der Waals surface area contributed by atoms with Crippen LogP contribution in [0.5, 0.6) is 0 Å². The van der Waals surface area contributed by atoms with Crippen LogP contribution in [0.2, 0.25) is 0 Å². The second-order valence-electron chi connectivity index (χ2n) is 5.79. The highest BCUT2D eigenvalue weighted by Gasteiger charge is 2.22. The molecular weight excluding hydrogens is 210 g/mol. The van der Waals surface area contributed by atoms with Crippen molar-refractivity contribution in [2.24, 2.45) is 11.7 Å². The summed E-state index contributed by atoms with van der Waals surface area (Å²) in [7, 11) is 0. The molecule has 2 heterocycles. The first kappa shape index (κ1) is 13.3. The smallest absolute Gasteiger partial charge is 0.00106 e. The van der Waals surface area contributed by atoms with Crippen molar-refractivity contribution in [3.63, 3.8) is 0 Å². The largest absolute Gasteiger partial charge is 0.330 e. The van der Waals surface area contributed by atoms with Gasteiger partial charge in [-0.2, -0.15) is 0 Å². The number of piperidine rings is 1. The average molecular weight is 239 g/mol. The van der Waals surface area contributed by atoms with Crippen molar-refractivity contribution in [3.8, 4) is 0 Å². The molecule has 3 heteroatoms. The summed E-state index contributed by atoms with van der Waals surface area (Å²) in [4.78, 5) is 5.31. The van der Waals surface area contributed by atoms with E-state index in [9.17, 15) is 0 Å². The Bertz CT molecular complexity index is 194. The Balaban J connectivity index is 1.57. The molecule has 0 radical (unpaired) electrons. The summed E-state index contributed by atoms with van der Waals surface area (Å²) >= 11 is 0. The molecule has 2 rings (SSSR count). The quantitative estimate of drug-likeness (QED) is 0.714. The minimum atomic E-state index is 0.853. The second-order valence-corrected chi connectivity index (χ2v) is 5.79. The lowest BCUT2D eigenvalue weighted by molar-refractivity contribution is 0.152. The summed E-state index contributed by atoms with van der Waals surface area (Å²) in [5.74, 6) is 0.971. The van der Waals surface area contributed by atoms with Crippen LogP contribution in [0.3, 0.4) is 0 Å². The summed E-state index contributed by atoms with van der Waals surface area (Å²) < 4.78 is 0. The Morgan fingerprint density at radius 3 is 2.24 bits per heavy atom. The van der Waals surface area contributed by atoms with Crippen LogP contribution in [-0.2, 0) is 0 Å². The fraction of sp³-hybridized carbons (Fsp3) is 1.00. The number of hydrogen-bond donors (Lipinski definition) is 1. The van der Waals surface area contributed by atoms with E-state index in [1.165, 1.54) is 77.8 Å². The molecule has 2 saturated heterocycles. The van der Waals surface area contributed by atoms with Crippen molar-refractivity contribution < 1.29 is 0 Å². The fourth-order valence-electron chi connectivity index (χ4n) is 3.20. The van der Waals surface area contributed by atoms with Gasteiger partial charge in [0.1, 0.15) is 0 Å². The zero-order valence-electron chi connectivity index (χ0n) is 11.2. The fourth-order valence-corrected chi connectivity index (χ4v) is 3.20. The maximum Gasteiger partial charge on any atom is 0.00106 e. The summed E-state index contributed by atoms with van der Waals surface area (Å²) in [5, 5.41) is 0. The summed E-state index contributed by atoms with van der Waals surface area (Å²) in [6, 6.07) is 0. The van der Waals surface area contributed by atoms with Gasteiger partial charge in [-0.15, -0.1) is 0 Å². The topological polar surface area (TPSA) is 32.5 Å². The van der Waals surface area contributed by atoms with E-state index < -0.39 is 0 Å². The molecule has 100 valence electrons. The number of nitrogens with two attached hydrogens (primary N) is 1. The second kappa shape index (κ2) is 7.34. The normalized spacial score (nSPS) is 24.5. The molecule has 17 heavy (non-hydrogen) atoms. The van der Waals surface area contributed by atoms with Gasteiger partial charge in [0.25, 0.3) is 0 Å². The molecule has 2 aliphatic heterocycles. The number of hydrogen-bond acceptors (Lipinski definition) is 3. The lowest BCUT2D eigenvalue weighted by atomic mass is 9.96. The maximum absolute atomic E-state index is 5.53. The highest BCUT2D eigenvalue weighted by atomic mass is 15.2. The number of likely N-dealkylation sites (tertiary alicyclic amines) is 2. The van der Waals surface area contributed by atoms with Crippen molar-refractivity contribution >= 4 is 0 Å². The first-order chi connectivity index (χ1) is 8.38. The van der Waals surface area contributed by atoms with Gasteiger partial charge in [0.2, 0.25) is 0 Å². The van der Waals surface area contributed by atoms with Gasteiger partial charge < -0.3 is 15.5 Å². The highest BCUT2D eigenvalue weighted by molar-refractivity contribution is 4.77. The summed E-state index contributed by atoms with van der Waals surface area (Å²) in [6.07, 6.45) is 8.16. The Hall–Kier alpha value is -0.120. The van der Waals surface area contributed by atoms with Crippen molar-refractivity contribution in [3.05, 3.63) is 0 Å². The molecular formula is C14H29N3. The van der Waals surface area contributed by atoms with Crippen molar-refractivity contribution in [1.82, 2.24) is 9.80 Å². The van der Waals surface area contributed by atoms with Gasteiger partial charge >= 0.3 is 0 Å². The Labute approximate surface area is 106 Å². The lowest BCUT2D eigenvalue weighted by Crippen LogP contribution is -2.38. The average Bonchev–Trinajstić information content (AvgIpc) is 2.85. The monoisotopic (exact) mass is 239 g/mol. The molecule has 3 nitrogen and oxygen atoms in total. The zero-order chi connectivity index (χ0) is 11.9. The van der Waals surface area contributed by atoms with E-state index in [1.807, 2.05) is 0 Å². The molecule has 0 aliphatic carbocycles. The Morgan fingerprint density at radius 2 is 1.59 bits per heavy atom. The summed E-state index contributed by atoms with van der Waals surface area (Å²) in [5.41, 5.74) is 5.53. The molecule has 0 bridgehead atoms. The van der Waals surface area contributed by atoms with E-state index >= 15 is 0 Å². The van der Waals surface area contributed by atoms with E-state index in [4.69, 9.17) is 5.73 Å². The van der Waals surface area contributed by atoms with E-state index in [0.717, 1.165) is 12.5 Å². The van der Waals surface area contributed by atoms with E-state index in [-0.39, 0.29) is 0 Å². The molecule has 2 fully saturated rings. The van der Waals surface area contributed by atoms with Gasteiger partial charge in [-0.3, -0.25) is 0 Å². The molecule has 2 aliphatic rings. The molecule has 0 spiro atoms. The van der Waals surface area contributed by atoms with Crippen LogP contribution in [0.15, 0.2) is 0 Å². The third-order valence-corrected chi connectivity index (χ3v) is 4.35. The minimum absolute atomic E-state index is 0.853. The van der Waals surface area contributed by atoms with Crippen LogP contribution in [0.25, 0.3) is 0 Å². The van der Waals surface area contributed by atoms with Gasteiger partial charge in [0.15, 0.2) is 0 Å². The molecule has 0 unspecified atom stereocenters. The van der Waals surface area contributed by atoms with E-state index in [2.05, 4.69) is 9.80 Å². The first-order valence-electron chi connectivity index (χ1n) is 7.53. The molecule has 0 atom stereocenters. The van der Waals surface area contributed by atoms with Crippen molar-refractivity contribution in [2.45, 2.75) is 38.5 Å². The SMILES string of the molecule is NCCCCN1CCC(CN2CCCC2)CC1. The van der Waals surface area contributed by atoms with Gasteiger partial charge in [0.05, 0.1) is 0 Å². The summed E-state index contributed by atoms with van der Waals surface area (Å²) in [6.45, 7) is 8.86.